The summed E-state index contributed by atoms with van der Waals surface area (Å²) in [6, 6.07) is -0.633. The maximum absolute atomic E-state index is 12.5. The van der Waals surface area contributed by atoms with E-state index < -0.39 is 12.1 Å². The minimum absolute atomic E-state index is 0.00211. The van der Waals surface area contributed by atoms with E-state index in [0.717, 1.165) is 51.4 Å². The maximum atomic E-state index is 12.5. The Hall–Kier alpha value is -1.92. The van der Waals surface area contributed by atoms with Gasteiger partial charge in [-0.05, 0) is 83.5 Å². The molecule has 0 spiro atoms. The van der Waals surface area contributed by atoms with E-state index in [1.165, 1.54) is 263 Å². The second-order valence-corrected chi connectivity index (χ2v) is 21.7. The fraction of sp³-hybridized carbons (Fsp3) is 0.877. The van der Waals surface area contributed by atoms with Gasteiger partial charge in [0.1, 0.15) is 0 Å². The third kappa shape index (κ3) is 57.2. The molecule has 6 heteroatoms. The van der Waals surface area contributed by atoms with Gasteiger partial charge in [-0.2, -0.15) is 0 Å². The molecule has 0 aromatic rings. The fourth-order valence-electron chi connectivity index (χ4n) is 9.74. The number of nitrogens with one attached hydrogen (secondary N) is 1. The van der Waals surface area contributed by atoms with Crippen molar-refractivity contribution in [1.82, 2.24) is 5.32 Å². The van der Waals surface area contributed by atoms with E-state index in [-0.39, 0.29) is 18.5 Å². The Morgan fingerprint density at radius 1 is 0.380 bits per heavy atom. The lowest BCUT2D eigenvalue weighted by atomic mass is 10.0. The quantitative estimate of drug-likeness (QED) is 0.0321. The van der Waals surface area contributed by atoms with Crippen LogP contribution in [-0.4, -0.2) is 47.4 Å². The summed E-state index contributed by atoms with van der Waals surface area (Å²) in [5, 5.41) is 23.1. The van der Waals surface area contributed by atoms with E-state index >= 15 is 0 Å². The third-order valence-electron chi connectivity index (χ3n) is 14.6. The van der Waals surface area contributed by atoms with Crippen molar-refractivity contribution in [3.63, 3.8) is 0 Å². The predicted octanol–water partition coefficient (Wildman–Crippen LogP) is 20.0. The summed E-state index contributed by atoms with van der Waals surface area (Å²) < 4.78 is 5.48. The topological polar surface area (TPSA) is 95.9 Å². The molecule has 0 fully saturated rings. The van der Waals surface area contributed by atoms with Crippen molar-refractivity contribution in [2.45, 2.75) is 353 Å². The molecule has 0 rings (SSSR count). The lowest BCUT2D eigenvalue weighted by Crippen LogP contribution is -2.45. The number of rotatable bonds is 59. The molecule has 0 bridgehead atoms. The summed E-state index contributed by atoms with van der Waals surface area (Å²) in [4.78, 5) is 24.5. The van der Waals surface area contributed by atoms with E-state index in [4.69, 9.17) is 4.74 Å². The highest BCUT2D eigenvalue weighted by Crippen LogP contribution is 2.17. The van der Waals surface area contributed by atoms with Gasteiger partial charge < -0.3 is 20.3 Å². The van der Waals surface area contributed by atoms with Crippen LogP contribution in [-0.2, 0) is 14.3 Å². The largest absolute Gasteiger partial charge is 0.466 e. The lowest BCUT2D eigenvalue weighted by molar-refractivity contribution is -0.143. The Labute approximate surface area is 443 Å². The normalized spacial score (nSPS) is 12.8. The molecule has 0 saturated heterocycles. The number of amides is 1. The Morgan fingerprint density at radius 3 is 1.00 bits per heavy atom. The molecule has 418 valence electrons. The molecule has 71 heavy (non-hydrogen) atoms. The molecule has 2 unspecified atom stereocenters. The van der Waals surface area contributed by atoms with E-state index in [1.54, 1.807) is 6.08 Å². The van der Waals surface area contributed by atoms with Crippen molar-refractivity contribution in [2.75, 3.05) is 13.2 Å². The molecular weight excluding hydrogens is 875 g/mol. The van der Waals surface area contributed by atoms with Crippen molar-refractivity contribution in [1.29, 1.82) is 0 Å². The molecule has 0 aromatic carbocycles. The number of carbonyl (C=O) groups excluding carboxylic acids is 2. The molecular formula is C65H123NO5. The molecule has 0 aromatic heterocycles. The molecule has 3 N–H and O–H groups in total. The highest BCUT2D eigenvalue weighted by atomic mass is 16.5. The summed E-state index contributed by atoms with van der Waals surface area (Å²) in [7, 11) is 0. The second-order valence-electron chi connectivity index (χ2n) is 21.7. The van der Waals surface area contributed by atoms with Crippen LogP contribution in [0.5, 0.6) is 0 Å². The maximum Gasteiger partial charge on any atom is 0.305 e. The van der Waals surface area contributed by atoms with Crippen LogP contribution in [0.15, 0.2) is 36.5 Å². The van der Waals surface area contributed by atoms with Gasteiger partial charge in [0.15, 0.2) is 0 Å². The number of carbonyl (C=O) groups is 2. The van der Waals surface area contributed by atoms with Crippen molar-refractivity contribution in [2.24, 2.45) is 0 Å². The predicted molar refractivity (Wildman–Crippen MR) is 310 cm³/mol. The number of allylic oxidation sites excluding steroid dienone is 5. The Bertz CT molecular complexity index is 1150. The summed E-state index contributed by atoms with van der Waals surface area (Å²) in [5.41, 5.74) is 0. The van der Waals surface area contributed by atoms with Crippen LogP contribution in [0.2, 0.25) is 0 Å². The van der Waals surface area contributed by atoms with Gasteiger partial charge in [0.25, 0.3) is 0 Å². The molecule has 0 aliphatic heterocycles. The van der Waals surface area contributed by atoms with Crippen LogP contribution in [0.3, 0.4) is 0 Å². The number of hydrogen-bond acceptors (Lipinski definition) is 5. The molecule has 2 atom stereocenters. The first-order valence-corrected chi connectivity index (χ1v) is 31.8. The van der Waals surface area contributed by atoms with Crippen LogP contribution in [0, 0.1) is 0 Å². The van der Waals surface area contributed by atoms with Crippen molar-refractivity contribution >= 4 is 11.9 Å². The lowest BCUT2D eigenvalue weighted by Gasteiger charge is -2.20. The summed E-state index contributed by atoms with van der Waals surface area (Å²) >= 11 is 0. The number of ether oxygens (including phenoxy) is 1. The highest BCUT2D eigenvalue weighted by molar-refractivity contribution is 5.76. The first-order valence-electron chi connectivity index (χ1n) is 31.8. The van der Waals surface area contributed by atoms with Crippen molar-refractivity contribution in [3.05, 3.63) is 36.5 Å². The van der Waals surface area contributed by atoms with Gasteiger partial charge in [-0.3, -0.25) is 9.59 Å². The Kier molecular flexibility index (Phi) is 59.0. The van der Waals surface area contributed by atoms with Crippen LogP contribution < -0.4 is 5.32 Å². The van der Waals surface area contributed by atoms with Gasteiger partial charge in [0.05, 0.1) is 25.4 Å². The van der Waals surface area contributed by atoms with Gasteiger partial charge in [0, 0.05) is 12.8 Å². The van der Waals surface area contributed by atoms with Crippen LogP contribution in [0.25, 0.3) is 0 Å². The molecule has 6 nitrogen and oxygen atoms in total. The zero-order valence-corrected chi connectivity index (χ0v) is 47.7. The van der Waals surface area contributed by atoms with E-state index in [1.807, 2.05) is 6.08 Å². The number of unbranched alkanes of at least 4 members (excludes halogenated alkanes) is 44. The average molecular weight is 999 g/mol. The highest BCUT2D eigenvalue weighted by Gasteiger charge is 2.18. The van der Waals surface area contributed by atoms with Gasteiger partial charge in [0.2, 0.25) is 5.91 Å². The second kappa shape index (κ2) is 60.6. The van der Waals surface area contributed by atoms with Crippen LogP contribution in [0.4, 0.5) is 0 Å². The van der Waals surface area contributed by atoms with Crippen LogP contribution in [0.1, 0.15) is 341 Å². The molecule has 0 heterocycles. The molecule has 0 saturated carbocycles. The first kappa shape index (κ1) is 69.1. The minimum Gasteiger partial charge on any atom is -0.466 e. The zero-order valence-electron chi connectivity index (χ0n) is 47.7. The van der Waals surface area contributed by atoms with E-state index in [9.17, 15) is 19.8 Å². The average Bonchev–Trinajstić information content (AvgIpc) is 3.37. The standard InChI is InChI=1S/C65H123NO5/c1-3-5-7-9-11-13-15-17-19-29-33-37-41-45-49-53-57-63(68)62(61-67)66-64(69)58-54-50-46-42-38-34-30-27-25-23-21-22-24-26-28-32-36-40-44-48-52-56-60-71-65(70)59-55-51-47-43-39-35-31-20-18-16-14-12-10-8-6-4-2/h20,23,25,31,53,57,62-63,67-68H,3-19,21-22,24,26-30,32-52,54-56,58-61H2,1-2H3,(H,66,69)/b25-23-,31-20-,57-53+. The Morgan fingerprint density at radius 2 is 0.662 bits per heavy atom. The number of hydrogen-bond donors (Lipinski definition) is 3. The molecule has 0 radical (unpaired) electrons. The number of aliphatic hydroxyl groups excluding tert-OH is 2. The SMILES string of the molecule is CCCCCCCCC/C=C\CCCCCCCC(=O)OCCCCCCCCCCCCC/C=C\CCCCCCCCCC(=O)NC(CO)C(O)/C=C/CCCCCCCCCCCCCCCC. The monoisotopic (exact) mass is 998 g/mol. The number of esters is 1. The molecule has 0 aliphatic carbocycles. The molecule has 1 amide bonds. The van der Waals surface area contributed by atoms with Gasteiger partial charge in [-0.15, -0.1) is 0 Å². The Balaban J connectivity index is 3.44. The minimum atomic E-state index is -0.849. The van der Waals surface area contributed by atoms with Crippen molar-refractivity contribution < 1.29 is 24.5 Å². The number of aliphatic hydroxyl groups is 2. The molecule has 0 aliphatic rings. The zero-order chi connectivity index (χ0) is 51.4. The smallest absolute Gasteiger partial charge is 0.305 e. The van der Waals surface area contributed by atoms with E-state index in [0.29, 0.717) is 19.4 Å². The van der Waals surface area contributed by atoms with Gasteiger partial charge in [-0.1, -0.05) is 281 Å². The van der Waals surface area contributed by atoms with Crippen molar-refractivity contribution in [3.8, 4) is 0 Å². The van der Waals surface area contributed by atoms with Gasteiger partial charge in [-0.25, -0.2) is 0 Å². The first-order chi connectivity index (χ1) is 35.0. The van der Waals surface area contributed by atoms with Gasteiger partial charge >= 0.3 is 5.97 Å². The summed E-state index contributed by atoms with van der Waals surface area (Å²) in [6.07, 6.45) is 76.1. The van der Waals surface area contributed by atoms with E-state index in [2.05, 4.69) is 43.5 Å². The fourth-order valence-corrected chi connectivity index (χ4v) is 9.74. The summed E-state index contributed by atoms with van der Waals surface area (Å²) in [5.74, 6) is -0.0715. The van der Waals surface area contributed by atoms with Crippen LogP contribution >= 0.6 is 0 Å². The summed E-state index contributed by atoms with van der Waals surface area (Å²) in [6.45, 7) is 4.91. The third-order valence-corrected chi connectivity index (χ3v) is 14.6.